The van der Waals surface area contributed by atoms with Crippen LogP contribution >= 0.6 is 0 Å². The van der Waals surface area contributed by atoms with Gasteiger partial charge in [-0.15, -0.1) is 0 Å². The van der Waals surface area contributed by atoms with E-state index >= 15 is 0 Å². The van der Waals surface area contributed by atoms with Crippen LogP contribution in [-0.4, -0.2) is 21.4 Å². The van der Waals surface area contributed by atoms with Gasteiger partial charge in [0.25, 0.3) is 0 Å². The van der Waals surface area contributed by atoms with E-state index in [-0.39, 0.29) is 11.4 Å². The van der Waals surface area contributed by atoms with E-state index in [1.165, 1.54) is 6.92 Å². The number of carbonyl (C=O) groups is 1. The third-order valence-corrected chi connectivity index (χ3v) is 3.65. The Morgan fingerprint density at radius 2 is 2.29 bits per heavy atom. The number of nitrogens with zero attached hydrogens (tertiary/aromatic N) is 1. The van der Waals surface area contributed by atoms with Gasteiger partial charge in [-0.3, -0.25) is 14.9 Å². The summed E-state index contributed by atoms with van der Waals surface area (Å²) >= 11 is 0. The molecule has 0 aliphatic heterocycles. The van der Waals surface area contributed by atoms with Crippen molar-refractivity contribution in [3.63, 3.8) is 0 Å². The van der Waals surface area contributed by atoms with E-state index in [9.17, 15) is 20.0 Å². The normalized spacial score (nSPS) is 25.5. The molecule has 0 bridgehead atoms. The maximum atomic E-state index is 11.8. The first kappa shape index (κ1) is 13.8. The molecule has 0 spiro atoms. The SMILES string of the molecule is CC[C@](O)(/C(C)=C/[N+](=O)[O-])[C@@H]1CCCCC1=O. The van der Waals surface area contributed by atoms with E-state index in [2.05, 4.69) is 0 Å². The van der Waals surface area contributed by atoms with Gasteiger partial charge in [0.1, 0.15) is 11.4 Å². The molecule has 5 nitrogen and oxygen atoms in total. The van der Waals surface area contributed by atoms with Crippen LogP contribution in [0.4, 0.5) is 0 Å². The Hall–Kier alpha value is -1.23. The molecule has 0 aromatic carbocycles. The molecule has 0 aromatic heterocycles. The Morgan fingerprint density at radius 1 is 1.65 bits per heavy atom. The average molecular weight is 241 g/mol. The summed E-state index contributed by atoms with van der Waals surface area (Å²) in [5.74, 6) is -0.464. The molecule has 1 aliphatic carbocycles. The molecular formula is C12H19NO4. The second kappa shape index (κ2) is 5.40. The monoisotopic (exact) mass is 241 g/mol. The molecule has 1 N–H and O–H groups in total. The van der Waals surface area contributed by atoms with Crippen LogP contribution in [0.25, 0.3) is 0 Å². The van der Waals surface area contributed by atoms with Gasteiger partial charge in [0.15, 0.2) is 0 Å². The van der Waals surface area contributed by atoms with Crippen molar-refractivity contribution < 1.29 is 14.8 Å². The molecule has 1 fully saturated rings. The highest BCUT2D eigenvalue weighted by atomic mass is 16.6. The van der Waals surface area contributed by atoms with Crippen LogP contribution in [0.5, 0.6) is 0 Å². The Kier molecular flexibility index (Phi) is 4.40. The van der Waals surface area contributed by atoms with E-state index < -0.39 is 16.4 Å². The minimum absolute atomic E-state index is 0.0247. The minimum atomic E-state index is -1.36. The molecule has 1 aliphatic rings. The Morgan fingerprint density at radius 3 is 2.76 bits per heavy atom. The standard InChI is InChI=1S/C12H19NO4/c1-3-12(15,9(2)8-13(16)17)10-6-4-5-7-11(10)14/h8,10,15H,3-7H2,1-2H3/b9-8+/t10-,12+/m1/s1. The molecule has 0 unspecified atom stereocenters. The van der Waals surface area contributed by atoms with Gasteiger partial charge in [-0.05, 0) is 26.2 Å². The molecule has 17 heavy (non-hydrogen) atoms. The van der Waals surface area contributed by atoms with Crippen molar-refractivity contribution in [1.82, 2.24) is 0 Å². The molecule has 1 rings (SSSR count). The maximum Gasteiger partial charge on any atom is 0.236 e. The fourth-order valence-corrected chi connectivity index (χ4v) is 2.56. The smallest absolute Gasteiger partial charge is 0.236 e. The van der Waals surface area contributed by atoms with Gasteiger partial charge in [-0.25, -0.2) is 0 Å². The van der Waals surface area contributed by atoms with Gasteiger partial charge in [-0.1, -0.05) is 13.3 Å². The Labute approximate surface area is 101 Å². The molecule has 1 saturated carbocycles. The molecule has 96 valence electrons. The summed E-state index contributed by atoms with van der Waals surface area (Å²) in [6.07, 6.45) is 3.97. The van der Waals surface area contributed by atoms with Gasteiger partial charge in [-0.2, -0.15) is 0 Å². The lowest BCUT2D eigenvalue weighted by Crippen LogP contribution is -2.44. The van der Waals surface area contributed by atoms with E-state index in [4.69, 9.17) is 0 Å². The highest BCUT2D eigenvalue weighted by Crippen LogP contribution is 2.37. The molecule has 5 heteroatoms. The third kappa shape index (κ3) is 2.91. The molecule has 0 saturated heterocycles. The quantitative estimate of drug-likeness (QED) is 0.603. The Bertz CT molecular complexity index is 350. The molecule has 0 radical (unpaired) electrons. The van der Waals surface area contributed by atoms with E-state index in [1.54, 1.807) is 6.92 Å². The second-order valence-corrected chi connectivity index (χ2v) is 4.64. The molecular weight excluding hydrogens is 222 g/mol. The highest BCUT2D eigenvalue weighted by molar-refractivity contribution is 5.83. The van der Waals surface area contributed by atoms with Gasteiger partial charge >= 0.3 is 0 Å². The lowest BCUT2D eigenvalue weighted by Gasteiger charge is -2.36. The largest absolute Gasteiger partial charge is 0.385 e. The fraction of sp³-hybridized carbons (Fsp3) is 0.750. The van der Waals surface area contributed by atoms with Crippen molar-refractivity contribution in [2.45, 2.75) is 51.6 Å². The van der Waals surface area contributed by atoms with Crippen molar-refractivity contribution in [3.05, 3.63) is 21.9 Å². The van der Waals surface area contributed by atoms with Crippen LogP contribution in [0.15, 0.2) is 11.8 Å². The number of Topliss-reactive ketones (excluding diaryl/α,β-unsaturated/α-hetero) is 1. The zero-order valence-corrected chi connectivity index (χ0v) is 10.3. The first-order valence-corrected chi connectivity index (χ1v) is 5.99. The topological polar surface area (TPSA) is 80.4 Å². The lowest BCUT2D eigenvalue weighted by molar-refractivity contribution is -0.404. The van der Waals surface area contributed by atoms with Crippen LogP contribution in [0.3, 0.4) is 0 Å². The van der Waals surface area contributed by atoms with Crippen LogP contribution in [-0.2, 0) is 4.79 Å². The van der Waals surface area contributed by atoms with Crippen molar-refractivity contribution in [3.8, 4) is 0 Å². The molecule has 0 amide bonds. The minimum Gasteiger partial charge on any atom is -0.385 e. The zero-order valence-electron chi connectivity index (χ0n) is 10.3. The summed E-state index contributed by atoms with van der Waals surface area (Å²) in [7, 11) is 0. The number of rotatable bonds is 4. The summed E-state index contributed by atoms with van der Waals surface area (Å²) in [4.78, 5) is 21.7. The zero-order chi connectivity index (χ0) is 13.1. The summed E-state index contributed by atoms with van der Waals surface area (Å²) in [6, 6.07) is 0. The summed E-state index contributed by atoms with van der Waals surface area (Å²) in [5.41, 5.74) is -1.09. The van der Waals surface area contributed by atoms with Crippen molar-refractivity contribution in [2.75, 3.05) is 0 Å². The highest BCUT2D eigenvalue weighted by Gasteiger charge is 2.43. The van der Waals surface area contributed by atoms with E-state index in [1.807, 2.05) is 0 Å². The second-order valence-electron chi connectivity index (χ2n) is 4.64. The van der Waals surface area contributed by atoms with Crippen molar-refractivity contribution in [2.24, 2.45) is 5.92 Å². The number of nitro groups is 1. The van der Waals surface area contributed by atoms with Crippen LogP contribution < -0.4 is 0 Å². The van der Waals surface area contributed by atoms with E-state index in [0.29, 0.717) is 19.3 Å². The maximum absolute atomic E-state index is 11.8. The van der Waals surface area contributed by atoms with Crippen molar-refractivity contribution >= 4 is 5.78 Å². The van der Waals surface area contributed by atoms with Crippen molar-refractivity contribution in [1.29, 1.82) is 0 Å². The summed E-state index contributed by atoms with van der Waals surface area (Å²) in [5, 5.41) is 21.0. The molecule has 2 atom stereocenters. The Balaban J connectivity index is 3.01. The third-order valence-electron chi connectivity index (χ3n) is 3.65. The number of carbonyl (C=O) groups excluding carboxylic acids is 1. The predicted octanol–water partition coefficient (Wildman–Crippen LogP) is 2.07. The van der Waals surface area contributed by atoms with Crippen LogP contribution in [0.2, 0.25) is 0 Å². The first-order chi connectivity index (χ1) is 7.91. The van der Waals surface area contributed by atoms with Gasteiger partial charge in [0, 0.05) is 12.0 Å². The lowest BCUT2D eigenvalue weighted by atomic mass is 9.71. The van der Waals surface area contributed by atoms with Crippen LogP contribution in [0, 0.1) is 16.0 Å². The number of hydrogen-bond donors (Lipinski definition) is 1. The number of hydrogen-bond acceptors (Lipinski definition) is 4. The fourth-order valence-electron chi connectivity index (χ4n) is 2.56. The van der Waals surface area contributed by atoms with E-state index in [0.717, 1.165) is 19.0 Å². The van der Waals surface area contributed by atoms with Gasteiger partial charge < -0.3 is 5.11 Å². The number of ketones is 1. The average Bonchev–Trinajstić information content (AvgIpc) is 2.27. The van der Waals surface area contributed by atoms with Gasteiger partial charge in [0.2, 0.25) is 6.20 Å². The summed E-state index contributed by atoms with van der Waals surface area (Å²) in [6.45, 7) is 3.27. The number of aliphatic hydroxyl groups is 1. The predicted molar refractivity (Wildman–Crippen MR) is 63.0 cm³/mol. The first-order valence-electron chi connectivity index (χ1n) is 5.99. The molecule has 0 heterocycles. The summed E-state index contributed by atoms with van der Waals surface area (Å²) < 4.78 is 0. The molecule has 0 aromatic rings. The van der Waals surface area contributed by atoms with Crippen LogP contribution in [0.1, 0.15) is 46.0 Å². The van der Waals surface area contributed by atoms with Gasteiger partial charge in [0.05, 0.1) is 10.8 Å².